The number of nitrogens with zero attached hydrogens (tertiary/aromatic N) is 3. The molecule has 1 aromatic rings. The Hall–Kier alpha value is -2.48. The largest absolute Gasteiger partial charge is 0.444 e. The van der Waals surface area contributed by atoms with Crippen LogP contribution in [0.2, 0.25) is 5.02 Å². The van der Waals surface area contributed by atoms with Gasteiger partial charge in [-0.15, -0.1) is 0 Å². The topological polar surface area (TPSA) is 118 Å². The van der Waals surface area contributed by atoms with Gasteiger partial charge in [-0.25, -0.2) is 9.79 Å². The lowest BCUT2D eigenvalue weighted by Gasteiger charge is -2.45. The molecule has 5 N–H and O–H groups in total. The Bertz CT molecular complexity index is 824. The van der Waals surface area contributed by atoms with Crippen LogP contribution in [-0.2, 0) is 4.74 Å². The number of carbonyl (C=O) groups excluding carboxylic acids is 1. The molecule has 1 fully saturated rings. The monoisotopic (exact) mass is 406 g/mol. The molecule has 1 aliphatic heterocycles. The molecule has 0 saturated heterocycles. The van der Waals surface area contributed by atoms with Gasteiger partial charge in [0.1, 0.15) is 11.3 Å². The zero-order chi connectivity index (χ0) is 20.5. The second-order valence-electron chi connectivity index (χ2n) is 8.11. The zero-order valence-corrected chi connectivity index (χ0v) is 17.2. The Morgan fingerprint density at radius 3 is 2.57 bits per heavy atom. The van der Waals surface area contributed by atoms with Crippen LogP contribution in [-0.4, -0.2) is 29.3 Å². The van der Waals surface area contributed by atoms with Crippen LogP contribution in [0.4, 0.5) is 16.2 Å². The molecule has 0 atom stereocenters. The van der Waals surface area contributed by atoms with Crippen LogP contribution in [0.3, 0.4) is 0 Å². The van der Waals surface area contributed by atoms with Gasteiger partial charge in [-0.1, -0.05) is 18.0 Å². The fourth-order valence-electron chi connectivity index (χ4n) is 3.65. The highest BCUT2D eigenvalue weighted by Gasteiger charge is 2.43. The van der Waals surface area contributed by atoms with Crippen LogP contribution in [0.15, 0.2) is 28.2 Å². The predicted molar refractivity (Wildman–Crippen MR) is 113 cm³/mol. The third kappa shape index (κ3) is 4.32. The summed E-state index contributed by atoms with van der Waals surface area (Å²) in [4.78, 5) is 22.8. The summed E-state index contributed by atoms with van der Waals surface area (Å²) in [6.45, 7) is 5.42. The zero-order valence-electron chi connectivity index (χ0n) is 16.5. The number of hydrogen-bond acceptors (Lipinski definition) is 7. The van der Waals surface area contributed by atoms with Crippen molar-refractivity contribution in [2.75, 3.05) is 10.2 Å². The Morgan fingerprint density at radius 1 is 1.25 bits per heavy atom. The van der Waals surface area contributed by atoms with Crippen LogP contribution in [0.1, 0.15) is 52.9 Å². The molecule has 1 amide bonds. The van der Waals surface area contributed by atoms with Crippen molar-refractivity contribution in [1.29, 1.82) is 0 Å². The average Bonchev–Trinajstić information content (AvgIpc) is 2.56. The molecular weight excluding hydrogens is 380 g/mol. The fraction of sp³-hybridized carbons (Fsp3) is 0.526. The summed E-state index contributed by atoms with van der Waals surface area (Å²) in [5.41, 5.74) is 12.1. The first-order valence-electron chi connectivity index (χ1n) is 9.39. The van der Waals surface area contributed by atoms with E-state index < -0.39 is 17.4 Å². The molecule has 1 aliphatic carbocycles. The van der Waals surface area contributed by atoms with E-state index in [0.717, 1.165) is 32.1 Å². The summed E-state index contributed by atoms with van der Waals surface area (Å²) in [6.07, 6.45) is 4.20. The maximum absolute atomic E-state index is 12.1. The lowest BCUT2D eigenvalue weighted by atomic mass is 9.87. The van der Waals surface area contributed by atoms with Gasteiger partial charge >= 0.3 is 6.09 Å². The minimum Gasteiger partial charge on any atom is -0.444 e. The molecule has 1 saturated carbocycles. The number of nitrogens with one attached hydrogen (secondary N) is 1. The summed E-state index contributed by atoms with van der Waals surface area (Å²) in [5, 5.41) is 3.21. The van der Waals surface area contributed by atoms with Crippen LogP contribution < -0.4 is 21.7 Å². The minimum atomic E-state index is -0.609. The molecule has 1 spiro atoms. The number of amides is 1. The third-order valence-corrected chi connectivity index (χ3v) is 5.00. The number of aliphatic imine (C=N–C) groups is 2. The fourth-order valence-corrected chi connectivity index (χ4v) is 3.86. The highest BCUT2D eigenvalue weighted by molar-refractivity contribution is 6.34. The number of rotatable bonds is 2. The Balaban J connectivity index is 1.95. The van der Waals surface area contributed by atoms with Crippen LogP contribution >= 0.6 is 11.6 Å². The molecule has 0 radical (unpaired) electrons. The van der Waals surface area contributed by atoms with Crippen molar-refractivity contribution in [2.24, 2.45) is 21.5 Å². The van der Waals surface area contributed by atoms with Gasteiger partial charge in [-0.05, 0) is 64.7 Å². The van der Waals surface area contributed by atoms with Crippen molar-refractivity contribution < 1.29 is 9.53 Å². The molecule has 2 aliphatic rings. The summed E-state index contributed by atoms with van der Waals surface area (Å²) in [5.74, 6) is 0.417. The SMILES string of the molecule is CC(C)(C)OC(=O)Nc1ccc(Cl)c(N2C(N)=NC(N)=NC23CCCCC3)c1. The van der Waals surface area contributed by atoms with Crippen molar-refractivity contribution in [3.05, 3.63) is 23.2 Å². The van der Waals surface area contributed by atoms with E-state index >= 15 is 0 Å². The van der Waals surface area contributed by atoms with E-state index in [9.17, 15) is 4.79 Å². The van der Waals surface area contributed by atoms with Crippen LogP contribution in [0, 0.1) is 0 Å². The van der Waals surface area contributed by atoms with Crippen molar-refractivity contribution in [2.45, 2.75) is 64.1 Å². The first kappa shape index (κ1) is 20.3. The van der Waals surface area contributed by atoms with Crippen LogP contribution in [0.25, 0.3) is 0 Å². The maximum Gasteiger partial charge on any atom is 0.412 e. The van der Waals surface area contributed by atoms with E-state index in [1.807, 2.05) is 4.90 Å². The summed E-state index contributed by atoms with van der Waals surface area (Å²) in [7, 11) is 0. The van der Waals surface area contributed by atoms with E-state index in [4.69, 9.17) is 27.8 Å². The van der Waals surface area contributed by atoms with Gasteiger partial charge in [0, 0.05) is 5.69 Å². The standard InChI is InChI=1S/C19H27ClN6O2/c1-18(2,3)28-17(27)23-12-7-8-13(20)14(11-12)26-16(22)24-15(21)25-19(26)9-5-4-6-10-19/h7-8,11H,4-6,9-10H2,1-3H3,(H,23,27)(H4,21,22,24,25). The normalized spacial score (nSPS) is 19.1. The van der Waals surface area contributed by atoms with E-state index in [0.29, 0.717) is 16.4 Å². The number of benzene rings is 1. The van der Waals surface area contributed by atoms with E-state index in [-0.39, 0.29) is 11.9 Å². The number of guanidine groups is 2. The second-order valence-corrected chi connectivity index (χ2v) is 8.52. The summed E-state index contributed by atoms with van der Waals surface area (Å²) >= 11 is 6.50. The number of hydrogen-bond donors (Lipinski definition) is 3. The smallest absolute Gasteiger partial charge is 0.412 e. The summed E-state index contributed by atoms with van der Waals surface area (Å²) in [6, 6.07) is 5.16. The Kier molecular flexibility index (Phi) is 5.43. The highest BCUT2D eigenvalue weighted by atomic mass is 35.5. The minimum absolute atomic E-state index is 0.176. The van der Waals surface area contributed by atoms with Crippen LogP contribution in [0.5, 0.6) is 0 Å². The van der Waals surface area contributed by atoms with Gasteiger partial charge in [0.25, 0.3) is 0 Å². The van der Waals surface area contributed by atoms with Crippen molar-refractivity contribution in [1.82, 2.24) is 0 Å². The molecule has 8 nitrogen and oxygen atoms in total. The number of carbonyl (C=O) groups is 1. The maximum atomic E-state index is 12.1. The van der Waals surface area contributed by atoms with Gasteiger partial charge in [0.15, 0.2) is 0 Å². The molecule has 0 bridgehead atoms. The van der Waals surface area contributed by atoms with Gasteiger partial charge < -0.3 is 16.2 Å². The first-order chi connectivity index (χ1) is 13.1. The van der Waals surface area contributed by atoms with Crippen molar-refractivity contribution in [3.63, 3.8) is 0 Å². The lowest BCUT2D eigenvalue weighted by molar-refractivity contribution is 0.0636. The number of ether oxygens (including phenoxy) is 1. The molecule has 3 rings (SSSR count). The van der Waals surface area contributed by atoms with E-state index in [2.05, 4.69) is 15.3 Å². The third-order valence-electron chi connectivity index (χ3n) is 4.68. The van der Waals surface area contributed by atoms with Gasteiger partial charge in [0.2, 0.25) is 11.9 Å². The van der Waals surface area contributed by atoms with Crippen molar-refractivity contribution >= 4 is 41.0 Å². The van der Waals surface area contributed by atoms with E-state index in [1.54, 1.807) is 39.0 Å². The summed E-state index contributed by atoms with van der Waals surface area (Å²) < 4.78 is 5.32. The number of halogens is 1. The number of nitrogens with two attached hydrogens (primary N) is 2. The van der Waals surface area contributed by atoms with E-state index in [1.165, 1.54) is 0 Å². The molecular formula is C19H27ClN6O2. The average molecular weight is 407 g/mol. The molecule has 1 heterocycles. The molecule has 9 heteroatoms. The van der Waals surface area contributed by atoms with Gasteiger partial charge in [-0.2, -0.15) is 4.99 Å². The van der Waals surface area contributed by atoms with Gasteiger partial charge in [0.05, 0.1) is 10.7 Å². The lowest BCUT2D eigenvalue weighted by Crippen LogP contribution is -2.58. The molecule has 152 valence electrons. The predicted octanol–water partition coefficient (Wildman–Crippen LogP) is 3.80. The van der Waals surface area contributed by atoms with Gasteiger partial charge in [-0.3, -0.25) is 10.2 Å². The Morgan fingerprint density at radius 2 is 1.93 bits per heavy atom. The second kappa shape index (κ2) is 7.50. The highest BCUT2D eigenvalue weighted by Crippen LogP contribution is 2.42. The molecule has 0 unspecified atom stereocenters. The Labute approximate surface area is 170 Å². The first-order valence-corrected chi connectivity index (χ1v) is 9.77. The molecule has 1 aromatic carbocycles. The quantitative estimate of drug-likeness (QED) is 0.690. The van der Waals surface area contributed by atoms with Crippen molar-refractivity contribution in [3.8, 4) is 0 Å². The molecule has 28 heavy (non-hydrogen) atoms. The number of anilines is 2. The molecule has 0 aromatic heterocycles.